The van der Waals surface area contributed by atoms with Gasteiger partial charge in [-0.1, -0.05) is 23.6 Å². The van der Waals surface area contributed by atoms with E-state index >= 15 is 0 Å². The second-order valence-electron chi connectivity index (χ2n) is 3.69. The Labute approximate surface area is 118 Å². The molecule has 0 bridgehead atoms. The molecule has 0 unspecified atom stereocenters. The lowest BCUT2D eigenvalue weighted by atomic mass is 10.1. The number of carbonyl (C=O) groups is 1. The summed E-state index contributed by atoms with van der Waals surface area (Å²) in [5.74, 6) is 5.58. The van der Waals surface area contributed by atoms with Crippen LogP contribution >= 0.6 is 11.8 Å². The number of carbonyl (C=O) groups excluding carboxylic acids is 1. The number of nitrogen functional groups attached to an aromatic ring is 1. The Kier molecular flexibility index (Phi) is 5.77. The predicted octanol–water partition coefficient (Wildman–Crippen LogP) is 3.19. The Morgan fingerprint density at radius 1 is 1.45 bits per heavy atom. The molecule has 0 aliphatic rings. The first-order chi connectivity index (χ1) is 9.28. The van der Waals surface area contributed by atoms with Gasteiger partial charge < -0.3 is 10.5 Å². The summed E-state index contributed by atoms with van der Waals surface area (Å²) in [5, 5.41) is -0.00751. The first-order valence-electron chi connectivity index (χ1n) is 5.55. The Bertz CT molecular complexity index is 547. The van der Waals surface area contributed by atoms with Crippen molar-refractivity contribution in [1.29, 1.82) is 0 Å². The number of nitrogens with two attached hydrogens (primary N) is 1. The molecule has 0 amide bonds. The lowest BCUT2D eigenvalue weighted by Gasteiger charge is -2.09. The van der Waals surface area contributed by atoms with Crippen molar-refractivity contribution < 1.29 is 22.7 Å². The molecule has 0 aliphatic heterocycles. The predicted molar refractivity (Wildman–Crippen MR) is 72.2 cm³/mol. The van der Waals surface area contributed by atoms with Crippen LogP contribution in [0.15, 0.2) is 18.2 Å². The van der Waals surface area contributed by atoms with E-state index in [1.165, 1.54) is 13.0 Å². The molecule has 3 nitrogen and oxygen atoms in total. The first kappa shape index (κ1) is 16.2. The average Bonchev–Trinajstić information content (AvgIpc) is 2.30. The third-order valence-corrected chi connectivity index (χ3v) is 2.83. The maximum Gasteiger partial charge on any atom is 0.573 e. The van der Waals surface area contributed by atoms with Gasteiger partial charge in [0, 0.05) is 24.8 Å². The molecule has 0 heterocycles. The van der Waals surface area contributed by atoms with E-state index in [-0.39, 0.29) is 22.1 Å². The number of rotatable bonds is 3. The summed E-state index contributed by atoms with van der Waals surface area (Å²) < 4.78 is 40.0. The summed E-state index contributed by atoms with van der Waals surface area (Å²) in [6.45, 7) is 1.45. The number of benzene rings is 1. The monoisotopic (exact) mass is 303 g/mol. The van der Waals surface area contributed by atoms with Crippen molar-refractivity contribution >= 4 is 22.6 Å². The van der Waals surface area contributed by atoms with E-state index < -0.39 is 6.36 Å². The largest absolute Gasteiger partial charge is 0.573 e. The standard InChI is InChI=1S/C13H12F3NO2S/c1-9(18)20-7-3-2-4-10-8-11(5-6-12(10)17)19-13(14,15)16/h5-6,8H,3,7,17H2,1H3. The number of anilines is 1. The number of ether oxygens (including phenoxy) is 1. The number of alkyl halides is 3. The summed E-state index contributed by atoms with van der Waals surface area (Å²) in [4.78, 5) is 10.7. The summed E-state index contributed by atoms with van der Waals surface area (Å²) >= 11 is 1.14. The molecule has 1 aromatic carbocycles. The van der Waals surface area contributed by atoms with E-state index in [1.54, 1.807) is 0 Å². The zero-order valence-corrected chi connectivity index (χ0v) is 11.4. The molecule has 0 radical (unpaired) electrons. The van der Waals surface area contributed by atoms with Gasteiger partial charge in [0.15, 0.2) is 5.12 Å². The molecule has 0 saturated carbocycles. The lowest BCUT2D eigenvalue weighted by molar-refractivity contribution is -0.274. The molecule has 0 atom stereocenters. The highest BCUT2D eigenvalue weighted by atomic mass is 32.2. The van der Waals surface area contributed by atoms with Gasteiger partial charge in [0.1, 0.15) is 5.75 Å². The van der Waals surface area contributed by atoms with Crippen LogP contribution in [0.5, 0.6) is 5.75 Å². The number of thioether (sulfide) groups is 1. The van der Waals surface area contributed by atoms with Crippen LogP contribution in [0.1, 0.15) is 18.9 Å². The van der Waals surface area contributed by atoms with E-state index in [2.05, 4.69) is 16.6 Å². The molecule has 0 spiro atoms. The number of hydrogen-bond donors (Lipinski definition) is 1. The zero-order valence-electron chi connectivity index (χ0n) is 10.6. The van der Waals surface area contributed by atoms with Crippen LogP contribution < -0.4 is 10.5 Å². The van der Waals surface area contributed by atoms with Gasteiger partial charge in [-0.15, -0.1) is 13.2 Å². The molecule has 0 aromatic heterocycles. The van der Waals surface area contributed by atoms with E-state index in [0.29, 0.717) is 12.2 Å². The van der Waals surface area contributed by atoms with E-state index in [9.17, 15) is 18.0 Å². The van der Waals surface area contributed by atoms with Crippen molar-refractivity contribution in [2.45, 2.75) is 19.7 Å². The quantitative estimate of drug-likeness (QED) is 0.529. The fraction of sp³-hybridized carbons (Fsp3) is 0.308. The smallest absolute Gasteiger partial charge is 0.406 e. The van der Waals surface area contributed by atoms with Crippen LogP contribution in [0.25, 0.3) is 0 Å². The molecule has 108 valence electrons. The molecule has 0 saturated heterocycles. The SMILES string of the molecule is CC(=O)SCCC#Cc1cc(OC(F)(F)F)ccc1N. The van der Waals surface area contributed by atoms with Crippen LogP contribution in [0.4, 0.5) is 18.9 Å². The maximum absolute atomic E-state index is 12.1. The van der Waals surface area contributed by atoms with Crippen molar-refractivity contribution in [3.8, 4) is 17.6 Å². The van der Waals surface area contributed by atoms with Crippen LogP contribution in [0.2, 0.25) is 0 Å². The van der Waals surface area contributed by atoms with E-state index in [1.807, 2.05) is 0 Å². The van der Waals surface area contributed by atoms with E-state index in [4.69, 9.17) is 5.73 Å². The zero-order chi connectivity index (χ0) is 15.2. The van der Waals surface area contributed by atoms with Crippen molar-refractivity contribution in [2.24, 2.45) is 0 Å². The van der Waals surface area contributed by atoms with Crippen LogP contribution in [-0.2, 0) is 4.79 Å². The highest BCUT2D eigenvalue weighted by Crippen LogP contribution is 2.25. The second-order valence-corrected chi connectivity index (χ2v) is 4.96. The molecule has 0 fully saturated rings. The lowest BCUT2D eigenvalue weighted by Crippen LogP contribution is -2.17. The van der Waals surface area contributed by atoms with Crippen LogP contribution in [-0.4, -0.2) is 17.2 Å². The van der Waals surface area contributed by atoms with Crippen molar-refractivity contribution in [3.63, 3.8) is 0 Å². The van der Waals surface area contributed by atoms with Gasteiger partial charge in [-0.3, -0.25) is 4.79 Å². The number of halogens is 3. The van der Waals surface area contributed by atoms with Crippen LogP contribution in [0, 0.1) is 11.8 Å². The van der Waals surface area contributed by atoms with Gasteiger partial charge >= 0.3 is 6.36 Å². The van der Waals surface area contributed by atoms with Gasteiger partial charge in [0.25, 0.3) is 0 Å². The molecule has 7 heteroatoms. The van der Waals surface area contributed by atoms with Gasteiger partial charge in [0.2, 0.25) is 0 Å². The third-order valence-electron chi connectivity index (χ3n) is 2.01. The summed E-state index contributed by atoms with van der Waals surface area (Å²) in [7, 11) is 0. The maximum atomic E-state index is 12.1. The van der Waals surface area contributed by atoms with Gasteiger partial charge in [-0.2, -0.15) is 0 Å². The van der Waals surface area contributed by atoms with Crippen LogP contribution in [0.3, 0.4) is 0 Å². The second kappa shape index (κ2) is 7.10. The Morgan fingerprint density at radius 2 is 2.15 bits per heavy atom. The summed E-state index contributed by atoms with van der Waals surface area (Å²) in [6.07, 6.45) is -4.31. The molecule has 1 rings (SSSR count). The topological polar surface area (TPSA) is 52.3 Å². The molecule has 20 heavy (non-hydrogen) atoms. The minimum Gasteiger partial charge on any atom is -0.406 e. The van der Waals surface area contributed by atoms with Crippen molar-refractivity contribution in [2.75, 3.05) is 11.5 Å². The fourth-order valence-electron chi connectivity index (χ4n) is 1.24. The molecule has 2 N–H and O–H groups in total. The average molecular weight is 303 g/mol. The summed E-state index contributed by atoms with van der Waals surface area (Å²) in [6, 6.07) is 3.56. The third kappa shape index (κ3) is 6.38. The first-order valence-corrected chi connectivity index (χ1v) is 6.54. The Morgan fingerprint density at radius 3 is 2.75 bits per heavy atom. The minimum absolute atomic E-state index is 0.00751. The highest BCUT2D eigenvalue weighted by Gasteiger charge is 2.31. The van der Waals surface area contributed by atoms with Gasteiger partial charge in [0.05, 0.1) is 5.56 Å². The molecular weight excluding hydrogens is 291 g/mol. The van der Waals surface area contributed by atoms with E-state index in [0.717, 1.165) is 23.9 Å². The highest BCUT2D eigenvalue weighted by molar-refractivity contribution is 8.13. The minimum atomic E-state index is -4.75. The summed E-state index contributed by atoms with van der Waals surface area (Å²) in [5.41, 5.74) is 6.15. The van der Waals surface area contributed by atoms with Gasteiger partial charge in [-0.25, -0.2) is 0 Å². The van der Waals surface area contributed by atoms with Crippen molar-refractivity contribution in [1.82, 2.24) is 0 Å². The fourth-order valence-corrected chi connectivity index (χ4v) is 1.74. The van der Waals surface area contributed by atoms with Crippen molar-refractivity contribution in [3.05, 3.63) is 23.8 Å². The molecule has 1 aromatic rings. The Balaban J connectivity index is 2.72. The molecule has 0 aliphatic carbocycles. The number of hydrogen-bond acceptors (Lipinski definition) is 4. The molecular formula is C13H12F3NO2S. The Hall–Kier alpha value is -1.81. The van der Waals surface area contributed by atoms with Gasteiger partial charge in [-0.05, 0) is 18.2 Å². The normalized spacial score (nSPS) is 10.6.